The Balaban J connectivity index is 1.77. The van der Waals surface area contributed by atoms with Gasteiger partial charge in [-0.15, -0.1) is 0 Å². The summed E-state index contributed by atoms with van der Waals surface area (Å²) in [5, 5.41) is 9.12. The molecule has 0 bridgehead atoms. The van der Waals surface area contributed by atoms with Crippen molar-refractivity contribution >= 4 is 17.1 Å². The van der Waals surface area contributed by atoms with Gasteiger partial charge < -0.3 is 0 Å². The van der Waals surface area contributed by atoms with Crippen molar-refractivity contribution in [2.45, 2.75) is 40.0 Å². The Hall–Kier alpha value is -2.34. The van der Waals surface area contributed by atoms with Crippen LogP contribution in [0.2, 0.25) is 0 Å². The van der Waals surface area contributed by atoms with Gasteiger partial charge in [0.1, 0.15) is 0 Å². The molecule has 3 aromatic heterocycles. The molecule has 0 saturated heterocycles. The zero-order valence-electron chi connectivity index (χ0n) is 15.3. The van der Waals surface area contributed by atoms with Crippen LogP contribution < -0.4 is 0 Å². The number of hydrogen-bond acceptors (Lipinski definition) is 4. The Morgan fingerprint density at radius 3 is 2.44 bits per heavy atom. The van der Waals surface area contributed by atoms with Crippen LogP contribution >= 0.6 is 12.2 Å². The maximum Gasteiger partial charge on any atom is 0.0994 e. The summed E-state index contributed by atoms with van der Waals surface area (Å²) in [5.41, 5.74) is 6.17. The van der Waals surface area contributed by atoms with Crippen molar-refractivity contribution < 1.29 is 0 Å². The molecule has 0 spiro atoms. The van der Waals surface area contributed by atoms with Gasteiger partial charge in [0, 0.05) is 34.9 Å². The van der Waals surface area contributed by atoms with Gasteiger partial charge in [-0.05, 0) is 51.5 Å². The largest absolute Gasteiger partial charge is 0.273 e. The summed E-state index contributed by atoms with van der Waals surface area (Å²) in [6, 6.07) is 8.26. The zero-order valence-corrected chi connectivity index (χ0v) is 16.1. The highest BCUT2D eigenvalue weighted by Gasteiger charge is 2.13. The molecule has 3 aromatic rings. The molecular weight excluding hydrogens is 330 g/mol. The van der Waals surface area contributed by atoms with E-state index in [1.165, 1.54) is 5.69 Å². The quantitative estimate of drug-likeness (QED) is 0.518. The molecule has 130 valence electrons. The average molecular weight is 353 g/mol. The second kappa shape index (κ2) is 6.88. The SMILES string of the molecule is CC(=S)c1cc(C)n(-c2ccc(CC(C)c3cc(C)n(C)n3)nc2)n1. The molecule has 0 saturated carbocycles. The van der Waals surface area contributed by atoms with Gasteiger partial charge in [-0.2, -0.15) is 10.2 Å². The summed E-state index contributed by atoms with van der Waals surface area (Å²) in [4.78, 5) is 5.41. The molecule has 5 nitrogen and oxygen atoms in total. The molecule has 25 heavy (non-hydrogen) atoms. The Bertz CT molecular complexity index is 885. The first-order chi connectivity index (χ1) is 11.8. The number of aryl methyl sites for hydroxylation is 3. The molecule has 0 amide bonds. The van der Waals surface area contributed by atoms with E-state index in [1.807, 2.05) is 42.5 Å². The van der Waals surface area contributed by atoms with Gasteiger partial charge in [-0.1, -0.05) is 19.1 Å². The van der Waals surface area contributed by atoms with Crippen LogP contribution in [-0.4, -0.2) is 29.4 Å². The molecule has 0 aliphatic carbocycles. The van der Waals surface area contributed by atoms with E-state index in [-0.39, 0.29) is 0 Å². The van der Waals surface area contributed by atoms with Crippen molar-refractivity contribution in [1.82, 2.24) is 24.5 Å². The minimum atomic E-state index is 0.328. The van der Waals surface area contributed by atoms with Crippen LogP contribution in [0, 0.1) is 13.8 Å². The van der Waals surface area contributed by atoms with Crippen molar-refractivity contribution in [3.63, 3.8) is 0 Å². The predicted molar refractivity (Wildman–Crippen MR) is 104 cm³/mol. The Kier molecular flexibility index (Phi) is 4.81. The number of aromatic nitrogens is 5. The lowest BCUT2D eigenvalue weighted by Gasteiger charge is -2.09. The van der Waals surface area contributed by atoms with Gasteiger partial charge >= 0.3 is 0 Å². The highest BCUT2D eigenvalue weighted by atomic mass is 32.1. The van der Waals surface area contributed by atoms with Crippen LogP contribution in [0.3, 0.4) is 0 Å². The molecule has 0 aliphatic rings. The Morgan fingerprint density at radius 1 is 1.16 bits per heavy atom. The fourth-order valence-electron chi connectivity index (χ4n) is 2.82. The first kappa shape index (κ1) is 17.5. The monoisotopic (exact) mass is 353 g/mol. The summed E-state index contributed by atoms with van der Waals surface area (Å²) in [5.74, 6) is 0.328. The molecule has 0 radical (unpaired) electrons. The molecule has 0 aliphatic heterocycles. The van der Waals surface area contributed by atoms with Crippen molar-refractivity contribution in [3.8, 4) is 5.69 Å². The van der Waals surface area contributed by atoms with E-state index in [2.05, 4.69) is 47.2 Å². The van der Waals surface area contributed by atoms with Crippen LogP contribution in [0.15, 0.2) is 30.5 Å². The normalized spacial score (nSPS) is 12.4. The Labute approximate surface area is 153 Å². The van der Waals surface area contributed by atoms with Gasteiger partial charge in [0.15, 0.2) is 0 Å². The third kappa shape index (κ3) is 3.69. The van der Waals surface area contributed by atoms with E-state index in [1.54, 1.807) is 0 Å². The molecular formula is C19H23N5S. The summed E-state index contributed by atoms with van der Waals surface area (Å²) in [7, 11) is 1.97. The summed E-state index contributed by atoms with van der Waals surface area (Å²) < 4.78 is 3.80. The van der Waals surface area contributed by atoms with Crippen LogP contribution in [0.25, 0.3) is 5.69 Å². The summed E-state index contributed by atoms with van der Waals surface area (Å²) >= 11 is 5.21. The number of pyridine rings is 1. The van der Waals surface area contributed by atoms with Gasteiger partial charge in [-0.3, -0.25) is 9.67 Å². The van der Waals surface area contributed by atoms with E-state index in [0.29, 0.717) is 5.92 Å². The van der Waals surface area contributed by atoms with Gasteiger partial charge in [0.2, 0.25) is 0 Å². The fraction of sp³-hybridized carbons (Fsp3) is 0.368. The molecule has 3 heterocycles. The second-order valence-electron chi connectivity index (χ2n) is 6.59. The van der Waals surface area contributed by atoms with Crippen molar-refractivity contribution in [2.24, 2.45) is 7.05 Å². The molecule has 1 atom stereocenters. The number of hydrogen-bond donors (Lipinski definition) is 0. The van der Waals surface area contributed by atoms with Crippen LogP contribution in [0.5, 0.6) is 0 Å². The molecule has 1 unspecified atom stereocenters. The standard InChI is InChI=1S/C19H23N5S/c1-12(18-9-13(2)23(5)21-18)8-16-6-7-17(11-20-16)24-14(3)10-19(22-24)15(4)25/h6-7,9-12H,8H2,1-5H3. The summed E-state index contributed by atoms with van der Waals surface area (Å²) in [6.07, 6.45) is 2.73. The Morgan fingerprint density at radius 2 is 1.92 bits per heavy atom. The summed E-state index contributed by atoms with van der Waals surface area (Å²) in [6.45, 7) is 8.17. The lowest BCUT2D eigenvalue weighted by atomic mass is 10.0. The van der Waals surface area contributed by atoms with Crippen molar-refractivity contribution in [1.29, 1.82) is 0 Å². The van der Waals surface area contributed by atoms with E-state index >= 15 is 0 Å². The second-order valence-corrected chi connectivity index (χ2v) is 7.20. The van der Waals surface area contributed by atoms with E-state index in [9.17, 15) is 0 Å². The lowest BCUT2D eigenvalue weighted by molar-refractivity contribution is 0.663. The number of nitrogens with zero attached hydrogens (tertiary/aromatic N) is 5. The first-order valence-electron chi connectivity index (χ1n) is 8.38. The van der Waals surface area contributed by atoms with Crippen LogP contribution in [0.4, 0.5) is 0 Å². The van der Waals surface area contributed by atoms with E-state index in [0.717, 1.165) is 39.7 Å². The maximum absolute atomic E-state index is 5.21. The minimum Gasteiger partial charge on any atom is -0.273 e. The molecule has 3 rings (SSSR count). The molecule has 0 N–H and O–H groups in total. The lowest BCUT2D eigenvalue weighted by Crippen LogP contribution is -2.05. The first-order valence-corrected chi connectivity index (χ1v) is 8.79. The van der Waals surface area contributed by atoms with Crippen LogP contribution in [-0.2, 0) is 13.5 Å². The highest BCUT2D eigenvalue weighted by Crippen LogP contribution is 2.20. The van der Waals surface area contributed by atoms with Crippen LogP contribution in [0.1, 0.15) is 48.2 Å². The maximum atomic E-state index is 5.21. The number of rotatable bonds is 5. The molecule has 0 aromatic carbocycles. The third-order valence-electron chi connectivity index (χ3n) is 4.45. The van der Waals surface area contributed by atoms with E-state index in [4.69, 9.17) is 12.2 Å². The van der Waals surface area contributed by atoms with Gasteiger partial charge in [0.05, 0.1) is 23.3 Å². The predicted octanol–water partition coefficient (Wildman–Crippen LogP) is 3.70. The minimum absolute atomic E-state index is 0.328. The number of thiocarbonyl (C=S) groups is 1. The van der Waals surface area contributed by atoms with E-state index < -0.39 is 0 Å². The average Bonchev–Trinajstić information content (AvgIpc) is 3.12. The van der Waals surface area contributed by atoms with Gasteiger partial charge in [0.25, 0.3) is 0 Å². The fourth-order valence-corrected chi connectivity index (χ4v) is 2.92. The topological polar surface area (TPSA) is 48.5 Å². The third-order valence-corrected chi connectivity index (χ3v) is 4.66. The van der Waals surface area contributed by atoms with Gasteiger partial charge in [-0.25, -0.2) is 4.68 Å². The molecule has 0 fully saturated rings. The zero-order chi connectivity index (χ0) is 18.1. The smallest absolute Gasteiger partial charge is 0.0994 e. The van der Waals surface area contributed by atoms with Crippen molar-refractivity contribution in [2.75, 3.05) is 0 Å². The highest BCUT2D eigenvalue weighted by molar-refractivity contribution is 7.80. The molecule has 6 heteroatoms. The van der Waals surface area contributed by atoms with Crippen molar-refractivity contribution in [3.05, 3.63) is 58.9 Å².